The quantitative estimate of drug-likeness (QED) is 0.525. The highest BCUT2D eigenvalue weighted by molar-refractivity contribution is 5.16. The van der Waals surface area contributed by atoms with Crippen molar-refractivity contribution in [1.82, 2.24) is 10.2 Å². The number of β-amino-alcohol motifs (C(OH)–C–C–N with tert-alkyl or cyclic N) is 1. The fourth-order valence-electron chi connectivity index (χ4n) is 2.31. The summed E-state index contributed by atoms with van der Waals surface area (Å²) in [6.07, 6.45) is 1.05. The lowest BCUT2D eigenvalue weighted by atomic mass is 10.0. The van der Waals surface area contributed by atoms with Crippen molar-refractivity contribution in [2.45, 2.75) is 18.6 Å². The molecule has 2 fully saturated rings. The standard InChI is InChI=1S/C8H16N2O/c1-10(2)6-3-8(6)5-9-4-7(8)11/h6-7,9,11H,3-5H2,1-2H3/t6?,7-,8?/m0/s1. The minimum absolute atomic E-state index is 0.116. The fourth-order valence-corrected chi connectivity index (χ4v) is 2.31. The topological polar surface area (TPSA) is 35.5 Å². The zero-order valence-corrected chi connectivity index (χ0v) is 7.17. The summed E-state index contributed by atoms with van der Waals surface area (Å²) in [7, 11) is 4.18. The molecular formula is C8H16N2O. The molecule has 1 aliphatic heterocycles. The number of hydrogen-bond acceptors (Lipinski definition) is 3. The van der Waals surface area contributed by atoms with Gasteiger partial charge in [0.25, 0.3) is 0 Å². The number of nitrogens with zero attached hydrogens (tertiary/aromatic N) is 1. The Hall–Kier alpha value is -0.120. The Labute approximate surface area is 67.4 Å². The second kappa shape index (κ2) is 2.19. The van der Waals surface area contributed by atoms with Gasteiger partial charge in [0.05, 0.1) is 6.10 Å². The highest BCUT2D eigenvalue weighted by Crippen LogP contribution is 2.52. The molecule has 2 N–H and O–H groups in total. The fraction of sp³-hybridized carbons (Fsp3) is 1.00. The third-order valence-corrected chi connectivity index (χ3v) is 3.16. The second-order valence-corrected chi connectivity index (χ2v) is 4.06. The Morgan fingerprint density at radius 1 is 1.55 bits per heavy atom. The van der Waals surface area contributed by atoms with Gasteiger partial charge in [-0.2, -0.15) is 0 Å². The molecule has 1 spiro atoms. The first-order chi connectivity index (χ1) is 5.17. The number of nitrogens with one attached hydrogen (secondary N) is 1. The van der Waals surface area contributed by atoms with E-state index in [1.54, 1.807) is 0 Å². The van der Waals surface area contributed by atoms with E-state index in [1.807, 2.05) is 0 Å². The molecule has 0 amide bonds. The van der Waals surface area contributed by atoms with Crippen LogP contribution in [0.15, 0.2) is 0 Å². The summed E-state index contributed by atoms with van der Waals surface area (Å²) in [6.45, 7) is 1.78. The smallest absolute Gasteiger partial charge is 0.0748 e. The van der Waals surface area contributed by atoms with Gasteiger partial charge >= 0.3 is 0 Å². The van der Waals surface area contributed by atoms with E-state index in [9.17, 15) is 5.11 Å². The molecule has 3 heteroatoms. The third-order valence-electron chi connectivity index (χ3n) is 3.16. The summed E-state index contributed by atoms with van der Waals surface area (Å²) in [4.78, 5) is 2.22. The van der Waals surface area contributed by atoms with Crippen molar-refractivity contribution in [2.24, 2.45) is 5.41 Å². The van der Waals surface area contributed by atoms with Crippen LogP contribution in [0.5, 0.6) is 0 Å². The third kappa shape index (κ3) is 0.916. The summed E-state index contributed by atoms with van der Waals surface area (Å²) in [5.41, 5.74) is 0.212. The van der Waals surface area contributed by atoms with Gasteiger partial charge in [0.15, 0.2) is 0 Å². The summed E-state index contributed by atoms with van der Waals surface area (Å²) in [5.74, 6) is 0. The zero-order valence-electron chi connectivity index (χ0n) is 7.17. The van der Waals surface area contributed by atoms with Gasteiger partial charge in [0.2, 0.25) is 0 Å². The van der Waals surface area contributed by atoms with Gasteiger partial charge in [-0.15, -0.1) is 0 Å². The van der Waals surface area contributed by atoms with Gasteiger partial charge in [-0.25, -0.2) is 0 Å². The minimum Gasteiger partial charge on any atom is -0.391 e. The molecule has 0 aromatic heterocycles. The van der Waals surface area contributed by atoms with Crippen molar-refractivity contribution in [2.75, 3.05) is 27.2 Å². The highest BCUT2D eigenvalue weighted by atomic mass is 16.3. The van der Waals surface area contributed by atoms with E-state index in [1.165, 1.54) is 0 Å². The molecular weight excluding hydrogens is 140 g/mol. The summed E-state index contributed by atoms with van der Waals surface area (Å²) >= 11 is 0. The van der Waals surface area contributed by atoms with Gasteiger partial charge < -0.3 is 15.3 Å². The van der Waals surface area contributed by atoms with Crippen molar-refractivity contribution in [3.05, 3.63) is 0 Å². The maximum Gasteiger partial charge on any atom is 0.0748 e. The van der Waals surface area contributed by atoms with Crippen LogP contribution in [0.2, 0.25) is 0 Å². The zero-order chi connectivity index (χ0) is 8.06. The van der Waals surface area contributed by atoms with Crippen LogP contribution < -0.4 is 5.32 Å². The molecule has 1 saturated carbocycles. The van der Waals surface area contributed by atoms with Crippen molar-refractivity contribution in [3.8, 4) is 0 Å². The molecule has 0 aromatic rings. The Balaban J connectivity index is 2.05. The van der Waals surface area contributed by atoms with Crippen molar-refractivity contribution < 1.29 is 5.11 Å². The van der Waals surface area contributed by atoms with Crippen LogP contribution in [-0.4, -0.2) is 49.3 Å². The molecule has 2 aliphatic rings. The maximum absolute atomic E-state index is 9.65. The van der Waals surface area contributed by atoms with E-state index in [4.69, 9.17) is 0 Å². The van der Waals surface area contributed by atoms with Crippen molar-refractivity contribution in [1.29, 1.82) is 0 Å². The predicted octanol–water partition coefficient (Wildman–Crippen LogP) is -0.729. The first kappa shape index (κ1) is 7.53. The lowest BCUT2D eigenvalue weighted by molar-refractivity contribution is 0.118. The average Bonchev–Trinajstić information content (AvgIpc) is 2.54. The van der Waals surface area contributed by atoms with E-state index in [2.05, 4.69) is 24.3 Å². The van der Waals surface area contributed by atoms with Crippen LogP contribution in [0.25, 0.3) is 0 Å². The second-order valence-electron chi connectivity index (χ2n) is 4.06. The minimum atomic E-state index is -0.116. The Bertz CT molecular complexity index is 171. The van der Waals surface area contributed by atoms with E-state index >= 15 is 0 Å². The first-order valence-corrected chi connectivity index (χ1v) is 4.22. The maximum atomic E-state index is 9.65. The van der Waals surface area contributed by atoms with Crippen molar-refractivity contribution in [3.63, 3.8) is 0 Å². The van der Waals surface area contributed by atoms with Crippen LogP contribution in [0.4, 0.5) is 0 Å². The summed E-state index contributed by atoms with van der Waals surface area (Å²) in [5, 5.41) is 12.9. The van der Waals surface area contributed by atoms with Crippen molar-refractivity contribution >= 4 is 0 Å². The summed E-state index contributed by atoms with van der Waals surface area (Å²) in [6, 6.07) is 0.604. The molecule has 64 valence electrons. The summed E-state index contributed by atoms with van der Waals surface area (Å²) < 4.78 is 0. The number of hydrogen-bond donors (Lipinski definition) is 2. The van der Waals surface area contributed by atoms with Crippen LogP contribution in [0.1, 0.15) is 6.42 Å². The Morgan fingerprint density at radius 2 is 2.27 bits per heavy atom. The molecule has 0 bridgehead atoms. The largest absolute Gasteiger partial charge is 0.391 e. The first-order valence-electron chi connectivity index (χ1n) is 4.22. The van der Waals surface area contributed by atoms with Gasteiger partial charge in [-0.05, 0) is 20.5 Å². The molecule has 2 rings (SSSR count). The van der Waals surface area contributed by atoms with Gasteiger partial charge in [0.1, 0.15) is 0 Å². The molecule has 1 saturated heterocycles. The van der Waals surface area contributed by atoms with Crippen LogP contribution in [-0.2, 0) is 0 Å². The average molecular weight is 156 g/mol. The lowest BCUT2D eigenvalue weighted by Gasteiger charge is -2.17. The van der Waals surface area contributed by atoms with Gasteiger partial charge in [-0.3, -0.25) is 0 Å². The molecule has 2 unspecified atom stereocenters. The number of aliphatic hydroxyl groups is 1. The molecule has 0 aromatic carbocycles. The SMILES string of the molecule is CN(C)C1CC12CNC[C@@H]2O. The van der Waals surface area contributed by atoms with Crippen LogP contribution in [0, 0.1) is 5.41 Å². The molecule has 11 heavy (non-hydrogen) atoms. The van der Waals surface area contributed by atoms with E-state index < -0.39 is 0 Å². The normalized spacial score (nSPS) is 49.1. The van der Waals surface area contributed by atoms with Gasteiger partial charge in [-0.1, -0.05) is 0 Å². The molecule has 1 aliphatic carbocycles. The Morgan fingerprint density at radius 3 is 2.64 bits per heavy atom. The lowest BCUT2D eigenvalue weighted by Crippen LogP contribution is -2.29. The molecule has 1 heterocycles. The van der Waals surface area contributed by atoms with E-state index in [-0.39, 0.29) is 11.5 Å². The number of rotatable bonds is 1. The molecule has 0 radical (unpaired) electrons. The van der Waals surface area contributed by atoms with Crippen LogP contribution in [0.3, 0.4) is 0 Å². The molecule has 3 nitrogen and oxygen atoms in total. The van der Waals surface area contributed by atoms with Crippen LogP contribution >= 0.6 is 0 Å². The van der Waals surface area contributed by atoms with Gasteiger partial charge in [0, 0.05) is 24.5 Å². The highest BCUT2D eigenvalue weighted by Gasteiger charge is 2.61. The predicted molar refractivity (Wildman–Crippen MR) is 43.4 cm³/mol. The van der Waals surface area contributed by atoms with E-state index in [0.717, 1.165) is 19.5 Å². The Kier molecular flexibility index (Phi) is 1.50. The monoisotopic (exact) mass is 156 g/mol. The number of aliphatic hydroxyl groups excluding tert-OH is 1. The molecule has 3 atom stereocenters. The van der Waals surface area contributed by atoms with E-state index in [0.29, 0.717) is 6.04 Å².